The maximum Gasteiger partial charge on any atom is 0.165 e. The maximum atomic E-state index is 14.7. The maximum absolute atomic E-state index is 14.7. The number of amidine groups is 1. The summed E-state index contributed by atoms with van der Waals surface area (Å²) in [6, 6.07) is 3.03. The summed E-state index contributed by atoms with van der Waals surface area (Å²) >= 11 is 1.13. The van der Waals surface area contributed by atoms with Crippen LogP contribution in [0.2, 0.25) is 0 Å². The summed E-state index contributed by atoms with van der Waals surface area (Å²) in [5.41, 5.74) is 11.5. The van der Waals surface area contributed by atoms with Crippen LogP contribution in [0.3, 0.4) is 0 Å². The molecule has 0 bridgehead atoms. The van der Waals surface area contributed by atoms with Crippen molar-refractivity contribution in [1.82, 2.24) is 4.98 Å². The second-order valence-corrected chi connectivity index (χ2v) is 10.4. The van der Waals surface area contributed by atoms with Gasteiger partial charge in [0.05, 0.1) is 16.3 Å². The highest BCUT2D eigenvalue weighted by molar-refractivity contribution is 7.93. The zero-order valence-corrected chi connectivity index (χ0v) is 15.7. The van der Waals surface area contributed by atoms with Gasteiger partial charge in [-0.1, -0.05) is 0 Å². The lowest BCUT2D eigenvalue weighted by Gasteiger charge is -2.37. The molecule has 0 fully saturated rings. The van der Waals surface area contributed by atoms with Gasteiger partial charge in [0.15, 0.2) is 9.84 Å². The monoisotopic (exact) mass is 382 g/mol. The van der Waals surface area contributed by atoms with Crippen molar-refractivity contribution in [1.29, 1.82) is 0 Å². The number of pyridine rings is 1. The highest BCUT2D eigenvalue weighted by Gasteiger charge is 2.50. The van der Waals surface area contributed by atoms with Gasteiger partial charge in [-0.25, -0.2) is 12.8 Å². The molecule has 2 aromatic heterocycles. The molecule has 3 heterocycles. The molecule has 0 saturated heterocycles. The van der Waals surface area contributed by atoms with Gasteiger partial charge in [-0.05, 0) is 32.9 Å². The van der Waals surface area contributed by atoms with Gasteiger partial charge >= 0.3 is 0 Å². The van der Waals surface area contributed by atoms with Crippen LogP contribution in [0.1, 0.15) is 25.6 Å². The minimum Gasteiger partial charge on any atom is -0.397 e. The van der Waals surface area contributed by atoms with E-state index in [9.17, 15) is 12.8 Å². The molecule has 25 heavy (non-hydrogen) atoms. The van der Waals surface area contributed by atoms with Crippen LogP contribution in [0.15, 0.2) is 29.5 Å². The molecule has 1 aliphatic heterocycles. The molecule has 134 valence electrons. The zero-order valence-electron chi connectivity index (χ0n) is 14.1. The van der Waals surface area contributed by atoms with E-state index in [2.05, 4.69) is 9.98 Å². The van der Waals surface area contributed by atoms with Crippen LogP contribution in [-0.4, -0.2) is 29.7 Å². The predicted octanol–water partition coefficient (Wildman–Crippen LogP) is 2.31. The van der Waals surface area contributed by atoms with E-state index in [1.807, 2.05) is 0 Å². The minimum atomic E-state index is -3.59. The molecule has 0 radical (unpaired) electrons. The molecule has 0 aliphatic carbocycles. The average molecular weight is 382 g/mol. The highest BCUT2D eigenvalue weighted by atomic mass is 32.2. The van der Waals surface area contributed by atoms with E-state index in [1.165, 1.54) is 26.1 Å². The van der Waals surface area contributed by atoms with E-state index in [1.54, 1.807) is 19.2 Å². The number of nitrogen functional groups attached to an aromatic ring is 1. The normalized spacial score (nSPS) is 24.7. The quantitative estimate of drug-likeness (QED) is 0.828. The Balaban J connectivity index is 2.13. The van der Waals surface area contributed by atoms with Crippen molar-refractivity contribution in [2.24, 2.45) is 10.7 Å². The van der Waals surface area contributed by atoms with Crippen LogP contribution < -0.4 is 11.5 Å². The van der Waals surface area contributed by atoms with Crippen molar-refractivity contribution >= 4 is 32.7 Å². The summed E-state index contributed by atoms with van der Waals surface area (Å²) in [5, 5.41) is 0. The number of rotatable bonds is 2. The second-order valence-electron chi connectivity index (χ2n) is 6.83. The predicted molar refractivity (Wildman–Crippen MR) is 98.8 cm³/mol. The molecule has 0 amide bonds. The number of hydrogen-bond acceptors (Lipinski definition) is 7. The summed E-state index contributed by atoms with van der Waals surface area (Å²) in [5.74, 6) is -0.836. The van der Waals surface area contributed by atoms with Gasteiger partial charge in [-0.15, -0.1) is 11.3 Å². The summed E-state index contributed by atoms with van der Waals surface area (Å²) < 4.78 is 38.6. The minimum absolute atomic E-state index is 0.0128. The van der Waals surface area contributed by atoms with Crippen LogP contribution >= 0.6 is 11.3 Å². The third-order valence-corrected chi connectivity index (χ3v) is 8.57. The summed E-state index contributed by atoms with van der Waals surface area (Å²) in [6.45, 7) is 4.60. The van der Waals surface area contributed by atoms with Gasteiger partial charge in [0.2, 0.25) is 0 Å². The molecule has 0 spiro atoms. The van der Waals surface area contributed by atoms with E-state index in [-0.39, 0.29) is 16.5 Å². The third-order valence-electron chi connectivity index (χ3n) is 4.45. The first-order valence-electron chi connectivity index (χ1n) is 7.55. The van der Waals surface area contributed by atoms with Crippen LogP contribution in [0.25, 0.3) is 10.4 Å². The lowest BCUT2D eigenvalue weighted by atomic mass is 10.0. The van der Waals surface area contributed by atoms with Crippen molar-refractivity contribution < 1.29 is 12.8 Å². The summed E-state index contributed by atoms with van der Waals surface area (Å²) in [4.78, 5) is 9.19. The first-order chi connectivity index (χ1) is 11.5. The number of nitrogens with two attached hydrogens (primary N) is 2. The molecule has 3 rings (SSSR count). The first kappa shape index (κ1) is 17.8. The Morgan fingerprint density at radius 3 is 2.48 bits per heavy atom. The Bertz CT molecular complexity index is 982. The molecular formula is C16H19FN4O2S2. The summed E-state index contributed by atoms with van der Waals surface area (Å²) in [6.07, 6.45) is 3.07. The molecule has 1 unspecified atom stereocenters. The molecule has 9 heteroatoms. The van der Waals surface area contributed by atoms with E-state index in [0.717, 1.165) is 11.3 Å². The fourth-order valence-electron chi connectivity index (χ4n) is 2.73. The number of nitrogens with zero attached hydrogens (tertiary/aromatic N) is 2. The van der Waals surface area contributed by atoms with E-state index in [4.69, 9.17) is 11.5 Å². The van der Waals surface area contributed by atoms with Crippen molar-refractivity contribution in [2.75, 3.05) is 11.5 Å². The Labute approximate surface area is 149 Å². The fourth-order valence-corrected chi connectivity index (χ4v) is 5.60. The van der Waals surface area contributed by atoms with Gasteiger partial charge in [0.1, 0.15) is 21.9 Å². The Morgan fingerprint density at radius 1 is 1.20 bits per heavy atom. The van der Waals surface area contributed by atoms with Crippen molar-refractivity contribution in [3.63, 3.8) is 0 Å². The number of aromatic nitrogens is 1. The van der Waals surface area contributed by atoms with Crippen LogP contribution in [0, 0.1) is 5.82 Å². The lowest BCUT2D eigenvalue weighted by molar-refractivity contribution is 0.486. The molecule has 0 aromatic carbocycles. The SMILES string of the molecule is CC1(c2sc(-c3cncc(N)c3)cc2F)CS(=O)(=O)C(C)(C)C(N)=N1. The molecule has 1 aliphatic rings. The van der Waals surface area contributed by atoms with Gasteiger partial charge < -0.3 is 11.5 Å². The third kappa shape index (κ3) is 2.81. The van der Waals surface area contributed by atoms with Crippen molar-refractivity contribution in [3.05, 3.63) is 35.2 Å². The average Bonchev–Trinajstić information content (AvgIpc) is 2.88. The Kier molecular flexibility index (Phi) is 3.92. The zero-order chi connectivity index (χ0) is 18.6. The first-order valence-corrected chi connectivity index (χ1v) is 10.0. The van der Waals surface area contributed by atoms with Gasteiger partial charge in [0.25, 0.3) is 0 Å². The van der Waals surface area contributed by atoms with E-state index >= 15 is 0 Å². The van der Waals surface area contributed by atoms with Crippen molar-refractivity contribution in [3.8, 4) is 10.4 Å². The van der Waals surface area contributed by atoms with Crippen molar-refractivity contribution in [2.45, 2.75) is 31.1 Å². The van der Waals surface area contributed by atoms with Crippen LogP contribution in [0.5, 0.6) is 0 Å². The molecular weight excluding hydrogens is 363 g/mol. The van der Waals surface area contributed by atoms with Gasteiger partial charge in [0, 0.05) is 22.8 Å². The number of anilines is 1. The number of halogens is 1. The standard InChI is InChI=1S/C16H19FN4O2S2/c1-15(2)14(19)21-16(3,8-25(15,22)23)13-11(17)5-12(24-13)9-4-10(18)7-20-6-9/h4-7H,8,18H2,1-3H3,(H2,19,21). The smallest absolute Gasteiger partial charge is 0.165 e. The number of aliphatic imine (C=N–C) groups is 1. The second kappa shape index (κ2) is 5.50. The van der Waals surface area contributed by atoms with Gasteiger partial charge in [-0.3, -0.25) is 9.98 Å². The lowest BCUT2D eigenvalue weighted by Crippen LogP contribution is -2.54. The molecule has 0 saturated carbocycles. The molecule has 2 aromatic rings. The molecule has 1 atom stereocenters. The number of thiophene rings is 1. The van der Waals surface area contributed by atoms with E-state index in [0.29, 0.717) is 16.1 Å². The van der Waals surface area contributed by atoms with E-state index < -0.39 is 25.9 Å². The van der Waals surface area contributed by atoms with Gasteiger partial charge in [-0.2, -0.15) is 0 Å². The Hall–Kier alpha value is -2.00. The summed E-state index contributed by atoms with van der Waals surface area (Å²) in [7, 11) is -3.59. The molecule has 6 nitrogen and oxygen atoms in total. The number of hydrogen-bond donors (Lipinski definition) is 2. The van der Waals surface area contributed by atoms with Crippen LogP contribution in [-0.2, 0) is 15.4 Å². The number of sulfone groups is 1. The fraction of sp³-hybridized carbons (Fsp3) is 0.375. The molecule has 4 N–H and O–H groups in total. The Morgan fingerprint density at radius 2 is 1.88 bits per heavy atom. The highest BCUT2D eigenvalue weighted by Crippen LogP contribution is 2.43. The topological polar surface area (TPSA) is 111 Å². The van der Waals surface area contributed by atoms with Crippen LogP contribution in [0.4, 0.5) is 10.1 Å². The largest absolute Gasteiger partial charge is 0.397 e.